The van der Waals surface area contributed by atoms with E-state index in [9.17, 15) is 0 Å². The molecule has 0 fully saturated rings. The lowest BCUT2D eigenvalue weighted by Crippen LogP contribution is -2.00. The molecule has 0 bridgehead atoms. The predicted molar refractivity (Wildman–Crippen MR) is 130 cm³/mol. The minimum Gasteiger partial charge on any atom is -0.229 e. The lowest BCUT2D eigenvalue weighted by molar-refractivity contribution is 0.892. The first-order chi connectivity index (χ1) is 14.3. The minimum atomic E-state index is 0.385. The summed E-state index contributed by atoms with van der Waals surface area (Å²) in [5.41, 5.74) is 3.08. The summed E-state index contributed by atoms with van der Waals surface area (Å²) in [6.07, 6.45) is 0. The molecule has 1 heterocycles. The lowest BCUT2D eigenvalue weighted by Gasteiger charge is -2.11. The molecular weight excluding hydrogens is 528 g/mol. The number of rotatable bonds is 3. The fraction of sp³-hybridized carbons (Fsp3) is 0. The molecule has 0 aliphatic carbocycles. The second kappa shape index (κ2) is 8.80. The second-order valence-corrected chi connectivity index (χ2v) is 9.13. The molecule has 0 N–H and O–H groups in total. The monoisotopic (exact) mass is 534 g/mol. The van der Waals surface area contributed by atoms with Crippen molar-refractivity contribution >= 4 is 81.2 Å². The Morgan fingerprint density at radius 2 is 1.17 bits per heavy atom. The summed E-state index contributed by atoms with van der Waals surface area (Å²) in [5, 5.41) is 7.65. The van der Waals surface area contributed by atoms with Crippen molar-refractivity contribution in [2.75, 3.05) is 0 Å². The van der Waals surface area contributed by atoms with Gasteiger partial charge in [-0.05, 0) is 42.5 Å². The van der Waals surface area contributed by atoms with Crippen LogP contribution in [0.5, 0.6) is 0 Å². The van der Waals surface area contributed by atoms with Crippen LogP contribution < -0.4 is 0 Å². The Morgan fingerprint density at radius 1 is 0.567 bits per heavy atom. The highest BCUT2D eigenvalue weighted by Crippen LogP contribution is 2.41. The Kier molecular flexibility index (Phi) is 6.48. The Morgan fingerprint density at radius 3 is 1.77 bits per heavy atom. The van der Waals surface area contributed by atoms with Crippen molar-refractivity contribution in [2.45, 2.75) is 0 Å². The van der Waals surface area contributed by atoms with Gasteiger partial charge in [0.2, 0.25) is 0 Å². The van der Waals surface area contributed by atoms with Gasteiger partial charge in [-0.1, -0.05) is 93.3 Å². The van der Waals surface area contributed by atoms with E-state index in [1.165, 1.54) is 0 Å². The number of benzene rings is 3. The van der Waals surface area contributed by atoms with Crippen LogP contribution in [-0.4, -0.2) is 9.78 Å². The molecule has 2 nitrogen and oxygen atoms in total. The Balaban J connectivity index is 2.02. The zero-order valence-corrected chi connectivity index (χ0v) is 20.0. The molecule has 0 atom stereocenters. The number of hydrogen-bond acceptors (Lipinski definition) is 1. The summed E-state index contributed by atoms with van der Waals surface area (Å²) < 4.78 is 1.64. The van der Waals surface area contributed by atoms with E-state index in [0.29, 0.717) is 63.4 Å². The zero-order chi connectivity index (χ0) is 21.6. The molecule has 0 saturated heterocycles. The SMILES string of the molecule is Clc1ccc(-n2nc(-c3ccc(Cl)c(Cl)c3)c(Cl)c2-c2ccc(Cl)c(Cl)c2)c(Cl)c1. The normalized spacial score (nSPS) is 11.2. The van der Waals surface area contributed by atoms with E-state index < -0.39 is 0 Å². The van der Waals surface area contributed by atoms with Crippen molar-refractivity contribution in [3.8, 4) is 28.2 Å². The molecule has 3 aromatic carbocycles. The van der Waals surface area contributed by atoms with E-state index in [1.807, 2.05) is 0 Å². The van der Waals surface area contributed by atoms with Gasteiger partial charge in [0.15, 0.2) is 0 Å². The number of aromatic nitrogens is 2. The molecule has 4 rings (SSSR count). The highest BCUT2D eigenvalue weighted by Gasteiger charge is 2.22. The second-order valence-electron chi connectivity index (χ2n) is 6.28. The fourth-order valence-corrected chi connectivity index (χ4v) is 4.37. The number of nitrogens with zero attached hydrogens (tertiary/aromatic N) is 2. The van der Waals surface area contributed by atoms with Crippen LogP contribution in [-0.2, 0) is 0 Å². The van der Waals surface area contributed by atoms with Crippen LogP contribution in [0.1, 0.15) is 0 Å². The van der Waals surface area contributed by atoms with Gasteiger partial charge in [-0.15, -0.1) is 0 Å². The molecule has 152 valence electrons. The van der Waals surface area contributed by atoms with Crippen molar-refractivity contribution in [3.05, 3.63) is 89.8 Å². The first-order valence-electron chi connectivity index (χ1n) is 8.41. The van der Waals surface area contributed by atoms with E-state index in [2.05, 4.69) is 0 Å². The van der Waals surface area contributed by atoms with E-state index in [0.717, 1.165) is 0 Å². The molecule has 30 heavy (non-hydrogen) atoms. The molecule has 0 unspecified atom stereocenters. The van der Waals surface area contributed by atoms with Crippen LogP contribution in [0.3, 0.4) is 0 Å². The van der Waals surface area contributed by atoms with E-state index in [-0.39, 0.29) is 0 Å². The predicted octanol–water partition coefficient (Wildman–Crippen LogP) is 9.78. The van der Waals surface area contributed by atoms with Gasteiger partial charge in [0.1, 0.15) is 5.69 Å². The lowest BCUT2D eigenvalue weighted by atomic mass is 10.1. The van der Waals surface area contributed by atoms with Crippen LogP contribution in [0.2, 0.25) is 35.2 Å². The number of hydrogen-bond donors (Lipinski definition) is 0. The third kappa shape index (κ3) is 4.16. The van der Waals surface area contributed by atoms with Gasteiger partial charge in [-0.25, -0.2) is 4.68 Å². The average molecular weight is 537 g/mol. The van der Waals surface area contributed by atoms with Gasteiger partial charge < -0.3 is 0 Å². The topological polar surface area (TPSA) is 17.8 Å². The molecule has 4 aromatic rings. The summed E-state index contributed by atoms with van der Waals surface area (Å²) in [4.78, 5) is 0. The maximum absolute atomic E-state index is 6.81. The van der Waals surface area contributed by atoms with Crippen LogP contribution in [0.15, 0.2) is 54.6 Å². The van der Waals surface area contributed by atoms with Crippen LogP contribution in [0, 0.1) is 0 Å². The van der Waals surface area contributed by atoms with Crippen LogP contribution in [0.4, 0.5) is 0 Å². The van der Waals surface area contributed by atoms with Gasteiger partial charge in [0.05, 0.1) is 41.5 Å². The summed E-state index contributed by atoms with van der Waals surface area (Å²) in [6.45, 7) is 0. The van der Waals surface area contributed by atoms with Gasteiger partial charge in [0.25, 0.3) is 0 Å². The minimum absolute atomic E-state index is 0.385. The standard InChI is InChI=1S/C21H9Cl7N2/c22-12-3-6-18(17(27)9-12)30-21(11-2-5-14(24)16(26)8-11)19(28)20(29-30)10-1-4-13(23)15(25)7-10/h1-9H. The Labute approximate surface area is 207 Å². The first-order valence-corrected chi connectivity index (χ1v) is 11.1. The third-order valence-corrected chi connectivity index (χ3v) is 6.73. The Hall–Kier alpha value is -1.10. The van der Waals surface area contributed by atoms with E-state index in [1.54, 1.807) is 59.3 Å². The highest BCUT2D eigenvalue weighted by atomic mass is 35.5. The average Bonchev–Trinajstić information content (AvgIpc) is 3.03. The van der Waals surface area contributed by atoms with Crippen LogP contribution in [0.25, 0.3) is 28.2 Å². The zero-order valence-electron chi connectivity index (χ0n) is 14.7. The van der Waals surface area contributed by atoms with Gasteiger partial charge in [-0.2, -0.15) is 5.10 Å². The van der Waals surface area contributed by atoms with Crippen molar-refractivity contribution in [2.24, 2.45) is 0 Å². The Bertz CT molecular complexity index is 1280. The molecule has 0 spiro atoms. The maximum Gasteiger partial charge on any atom is 0.112 e. The fourth-order valence-electron chi connectivity index (χ4n) is 2.95. The van der Waals surface area contributed by atoms with Crippen molar-refractivity contribution < 1.29 is 0 Å². The molecule has 0 aliphatic rings. The molecule has 9 heteroatoms. The molecule has 0 aliphatic heterocycles. The summed E-state index contributed by atoms with van der Waals surface area (Å²) in [6, 6.07) is 15.5. The molecule has 0 radical (unpaired) electrons. The highest BCUT2D eigenvalue weighted by molar-refractivity contribution is 6.43. The van der Waals surface area contributed by atoms with Gasteiger partial charge >= 0.3 is 0 Å². The summed E-state index contributed by atoms with van der Waals surface area (Å²) in [7, 11) is 0. The van der Waals surface area contributed by atoms with Gasteiger partial charge in [0, 0.05) is 16.1 Å². The third-order valence-electron chi connectivity index (χ3n) is 4.35. The quantitative estimate of drug-likeness (QED) is 0.254. The molecular formula is C21H9Cl7N2. The summed E-state index contributed by atoms with van der Waals surface area (Å²) >= 11 is 43.9. The van der Waals surface area contributed by atoms with E-state index >= 15 is 0 Å². The van der Waals surface area contributed by atoms with E-state index in [4.69, 9.17) is 86.3 Å². The van der Waals surface area contributed by atoms with Crippen molar-refractivity contribution in [1.29, 1.82) is 0 Å². The van der Waals surface area contributed by atoms with Crippen molar-refractivity contribution in [3.63, 3.8) is 0 Å². The smallest absolute Gasteiger partial charge is 0.112 e. The molecule has 1 aromatic heterocycles. The van der Waals surface area contributed by atoms with Crippen molar-refractivity contribution in [1.82, 2.24) is 9.78 Å². The maximum atomic E-state index is 6.81. The summed E-state index contributed by atoms with van der Waals surface area (Å²) in [5.74, 6) is 0. The number of halogens is 7. The largest absolute Gasteiger partial charge is 0.229 e. The first kappa shape index (κ1) is 22.1. The van der Waals surface area contributed by atoms with Gasteiger partial charge in [-0.3, -0.25) is 0 Å². The molecule has 0 saturated carbocycles. The molecule has 0 amide bonds. The van der Waals surface area contributed by atoms with Crippen LogP contribution >= 0.6 is 81.2 Å².